The summed E-state index contributed by atoms with van der Waals surface area (Å²) >= 11 is 15.9. The highest BCUT2D eigenvalue weighted by Crippen LogP contribution is 2.54. The Hall–Kier alpha value is 0.140. The van der Waals surface area contributed by atoms with E-state index in [0.717, 1.165) is 11.5 Å². The van der Waals surface area contributed by atoms with Gasteiger partial charge in [-0.2, -0.15) is 12.6 Å². The van der Waals surface area contributed by atoms with Crippen molar-refractivity contribution in [2.24, 2.45) is 0 Å². The molecule has 0 heterocycles. The topological polar surface area (TPSA) is 34.1 Å². The Balaban J connectivity index is 0.000000331. The van der Waals surface area contributed by atoms with Crippen LogP contribution in [0.15, 0.2) is 43.0 Å². The van der Waals surface area contributed by atoms with Crippen molar-refractivity contribution in [3.8, 4) is 0 Å². The molecule has 0 saturated carbocycles. The first-order valence-corrected chi connectivity index (χ1v) is 10.00. The second kappa shape index (κ2) is 9.99. The Labute approximate surface area is 126 Å². The van der Waals surface area contributed by atoms with Crippen molar-refractivity contribution in [3.05, 3.63) is 43.0 Å². The SMILES string of the molecule is C=CC(=O)SCCS.O=P(Cl)(Cl)c1ccccc1. The number of halogens is 2. The summed E-state index contributed by atoms with van der Waals surface area (Å²) in [4.78, 5) is 10.4. The van der Waals surface area contributed by atoms with Crippen molar-refractivity contribution in [2.75, 3.05) is 11.5 Å². The maximum atomic E-state index is 10.9. The third-order valence-electron chi connectivity index (χ3n) is 1.56. The Morgan fingerprint density at radius 2 is 1.94 bits per heavy atom. The van der Waals surface area contributed by atoms with Gasteiger partial charge in [-0.15, -0.1) is 0 Å². The minimum absolute atomic E-state index is 0.0269. The molecule has 1 aromatic rings. The van der Waals surface area contributed by atoms with Crippen LogP contribution in [0, 0.1) is 0 Å². The summed E-state index contributed by atoms with van der Waals surface area (Å²) in [6.07, 6.45) is 1.31. The molecule has 2 nitrogen and oxygen atoms in total. The fourth-order valence-corrected chi connectivity index (χ4v) is 2.69. The van der Waals surface area contributed by atoms with Gasteiger partial charge in [0, 0.05) is 11.1 Å². The molecule has 0 aliphatic heterocycles. The van der Waals surface area contributed by atoms with Gasteiger partial charge in [-0.3, -0.25) is 9.36 Å². The third kappa shape index (κ3) is 9.12. The van der Waals surface area contributed by atoms with Gasteiger partial charge in [0.25, 0.3) is 5.85 Å². The van der Waals surface area contributed by atoms with Crippen LogP contribution >= 0.6 is 52.7 Å². The van der Waals surface area contributed by atoms with Crippen LogP contribution in [-0.4, -0.2) is 16.6 Å². The fraction of sp³-hybridized carbons (Fsp3) is 0.182. The largest absolute Gasteiger partial charge is 0.284 e. The molecule has 0 aliphatic rings. The number of thiol groups is 1. The predicted molar refractivity (Wildman–Crippen MR) is 86.9 cm³/mol. The molecule has 1 aromatic carbocycles. The monoisotopic (exact) mass is 342 g/mol. The Morgan fingerprint density at radius 3 is 2.28 bits per heavy atom. The second-order valence-electron chi connectivity index (χ2n) is 2.89. The molecular formula is C11H13Cl2O2PS2. The molecule has 0 spiro atoms. The number of thioether (sulfide) groups is 1. The smallest absolute Gasteiger partial charge is 0.281 e. The summed E-state index contributed by atoms with van der Waals surface area (Å²) in [6.45, 7) is 3.32. The first-order chi connectivity index (χ1) is 8.41. The molecule has 0 atom stereocenters. The van der Waals surface area contributed by atoms with Crippen molar-refractivity contribution < 1.29 is 9.36 Å². The molecule has 18 heavy (non-hydrogen) atoms. The van der Waals surface area contributed by atoms with Gasteiger partial charge in [0.2, 0.25) is 5.12 Å². The molecule has 0 fully saturated rings. The molecule has 0 saturated heterocycles. The van der Waals surface area contributed by atoms with E-state index in [9.17, 15) is 9.36 Å². The van der Waals surface area contributed by atoms with Crippen LogP contribution in [0.1, 0.15) is 0 Å². The molecule has 0 bridgehead atoms. The first kappa shape index (κ1) is 18.1. The lowest BCUT2D eigenvalue weighted by Gasteiger charge is -1.98. The average Bonchev–Trinajstić information content (AvgIpc) is 2.36. The molecule has 0 aromatic heterocycles. The molecular weight excluding hydrogens is 330 g/mol. The summed E-state index contributed by atoms with van der Waals surface area (Å²) in [6, 6.07) is 8.58. The highest BCUT2D eigenvalue weighted by atomic mass is 35.9. The molecule has 7 heteroatoms. The number of benzene rings is 1. The van der Waals surface area contributed by atoms with Crippen molar-refractivity contribution in [1.82, 2.24) is 0 Å². The maximum Gasteiger partial charge on any atom is 0.281 e. The van der Waals surface area contributed by atoms with Gasteiger partial charge < -0.3 is 0 Å². The highest BCUT2D eigenvalue weighted by molar-refractivity contribution is 8.14. The van der Waals surface area contributed by atoms with Crippen molar-refractivity contribution in [3.63, 3.8) is 0 Å². The van der Waals surface area contributed by atoms with Crippen LogP contribution < -0.4 is 5.30 Å². The van der Waals surface area contributed by atoms with E-state index in [1.807, 2.05) is 6.07 Å². The molecule has 0 amide bonds. The van der Waals surface area contributed by atoms with Crippen LogP contribution in [0.25, 0.3) is 0 Å². The van der Waals surface area contributed by atoms with Crippen molar-refractivity contribution in [2.45, 2.75) is 0 Å². The zero-order valence-corrected chi connectivity index (χ0v) is 13.6. The molecule has 0 unspecified atom stereocenters. The highest BCUT2D eigenvalue weighted by Gasteiger charge is 2.15. The Morgan fingerprint density at radius 1 is 1.39 bits per heavy atom. The first-order valence-electron chi connectivity index (χ1n) is 4.87. The van der Waals surface area contributed by atoms with Gasteiger partial charge in [0.15, 0.2) is 0 Å². The van der Waals surface area contributed by atoms with Crippen LogP contribution in [-0.2, 0) is 9.36 Å². The Kier molecular flexibility index (Phi) is 10.1. The standard InChI is InChI=1S/C6H5Cl2OP.C5H8OS2/c7-10(8,9)6-4-2-1-3-5-6;1-2-5(6)8-4-3-7/h1-5H;2,7H,1,3-4H2. The molecule has 0 N–H and O–H groups in total. The molecule has 0 radical (unpaired) electrons. The quantitative estimate of drug-likeness (QED) is 0.502. The van der Waals surface area contributed by atoms with E-state index in [-0.39, 0.29) is 5.12 Å². The van der Waals surface area contributed by atoms with Crippen molar-refractivity contribution >= 4 is 63.1 Å². The van der Waals surface area contributed by atoms with Crippen LogP contribution in [0.3, 0.4) is 0 Å². The summed E-state index contributed by atoms with van der Waals surface area (Å²) in [5.41, 5.74) is 0. The zero-order chi connectivity index (χ0) is 14.0. The molecule has 100 valence electrons. The van der Waals surface area contributed by atoms with Gasteiger partial charge in [-0.25, -0.2) is 0 Å². The molecule has 0 aliphatic carbocycles. The van der Waals surface area contributed by atoms with Gasteiger partial charge >= 0.3 is 0 Å². The van der Waals surface area contributed by atoms with Crippen molar-refractivity contribution in [1.29, 1.82) is 0 Å². The summed E-state index contributed by atoms with van der Waals surface area (Å²) in [7, 11) is 0. The normalized spacial score (nSPS) is 10.2. The second-order valence-corrected chi connectivity index (χ2v) is 9.26. The summed E-state index contributed by atoms with van der Waals surface area (Å²) in [5.74, 6) is -1.56. The van der Waals surface area contributed by atoms with E-state index in [1.54, 1.807) is 24.3 Å². The van der Waals surface area contributed by atoms with Crippen LogP contribution in [0.4, 0.5) is 0 Å². The number of hydrogen-bond acceptors (Lipinski definition) is 4. The van der Waals surface area contributed by atoms with Crippen LogP contribution in [0.2, 0.25) is 0 Å². The van der Waals surface area contributed by atoms with Gasteiger partial charge in [0.1, 0.15) is 0 Å². The Bertz CT molecular complexity index is 420. The lowest BCUT2D eigenvalue weighted by Crippen LogP contribution is -1.93. The number of rotatable bonds is 4. The molecule has 1 rings (SSSR count). The predicted octanol–water partition coefficient (Wildman–Crippen LogP) is 4.34. The third-order valence-corrected chi connectivity index (χ3v) is 5.02. The number of carbonyl (C=O) groups is 1. The van der Waals surface area contributed by atoms with E-state index < -0.39 is 5.85 Å². The lowest BCUT2D eigenvalue weighted by molar-refractivity contribution is -0.107. The number of hydrogen-bond donors (Lipinski definition) is 1. The van der Waals surface area contributed by atoms with E-state index in [0.29, 0.717) is 5.30 Å². The number of carbonyl (C=O) groups excluding carboxylic acids is 1. The lowest BCUT2D eigenvalue weighted by atomic mass is 10.4. The summed E-state index contributed by atoms with van der Waals surface area (Å²) < 4.78 is 10.9. The van der Waals surface area contributed by atoms with E-state index in [4.69, 9.17) is 22.5 Å². The van der Waals surface area contributed by atoms with Gasteiger partial charge in [-0.05, 0) is 46.4 Å². The van der Waals surface area contributed by atoms with Crippen LogP contribution in [0.5, 0.6) is 0 Å². The van der Waals surface area contributed by atoms with Gasteiger partial charge in [0.05, 0.1) is 0 Å². The zero-order valence-electron chi connectivity index (χ0n) is 9.46. The maximum absolute atomic E-state index is 10.9. The minimum atomic E-state index is -3.07. The van der Waals surface area contributed by atoms with E-state index in [1.165, 1.54) is 17.8 Å². The van der Waals surface area contributed by atoms with Gasteiger partial charge in [-0.1, -0.05) is 36.5 Å². The average molecular weight is 343 g/mol. The minimum Gasteiger partial charge on any atom is -0.284 e. The summed E-state index contributed by atoms with van der Waals surface area (Å²) in [5, 5.41) is 0.511. The fourth-order valence-electron chi connectivity index (χ4n) is 0.807. The van der Waals surface area contributed by atoms with E-state index in [2.05, 4.69) is 19.2 Å². The van der Waals surface area contributed by atoms with E-state index >= 15 is 0 Å².